The van der Waals surface area contributed by atoms with E-state index in [1.807, 2.05) is 30.4 Å². The second-order valence-corrected chi connectivity index (χ2v) is 4.60. The third-order valence-corrected chi connectivity index (χ3v) is 2.62. The number of aromatic nitrogens is 1. The molecule has 1 aromatic rings. The highest BCUT2D eigenvalue weighted by Gasteiger charge is 1.91. The van der Waals surface area contributed by atoms with E-state index in [9.17, 15) is 4.79 Å². The van der Waals surface area contributed by atoms with Gasteiger partial charge in [-0.05, 0) is 34.1 Å². The quantitative estimate of drug-likeness (QED) is 0.792. The summed E-state index contributed by atoms with van der Waals surface area (Å²) in [6, 6.07) is 5.72. The van der Waals surface area contributed by atoms with Gasteiger partial charge in [0.1, 0.15) is 4.60 Å². The minimum atomic E-state index is 0.136. The molecule has 0 aromatic carbocycles. The Balaban J connectivity index is 2.47. The van der Waals surface area contributed by atoms with Crippen LogP contribution in [0, 0.1) is 0 Å². The first-order chi connectivity index (χ1) is 6.68. The number of carbonyl (C=O) groups is 1. The first-order valence-electron chi connectivity index (χ1n) is 4.11. The summed E-state index contributed by atoms with van der Waals surface area (Å²) in [5.74, 6) is 0.698. The van der Waals surface area contributed by atoms with Crippen LogP contribution in [-0.2, 0) is 4.79 Å². The normalized spacial score (nSPS) is 10.7. The number of hydrogen-bond donors (Lipinski definition) is 0. The highest BCUT2D eigenvalue weighted by molar-refractivity contribution is 9.10. The molecule has 1 aromatic heterocycles. The van der Waals surface area contributed by atoms with E-state index in [0.29, 0.717) is 5.75 Å². The van der Waals surface area contributed by atoms with Crippen molar-refractivity contribution in [1.29, 1.82) is 0 Å². The van der Waals surface area contributed by atoms with E-state index >= 15 is 0 Å². The molecule has 0 aliphatic heterocycles. The summed E-state index contributed by atoms with van der Waals surface area (Å²) in [5.41, 5.74) is 0.892. The smallest absolute Gasteiger partial charge is 0.186 e. The van der Waals surface area contributed by atoms with Gasteiger partial charge in [-0.25, -0.2) is 4.98 Å². The molecule has 0 fully saturated rings. The molecule has 0 unspecified atom stereocenters. The maximum Gasteiger partial charge on any atom is 0.186 e. The molecule has 0 bridgehead atoms. The lowest BCUT2D eigenvalue weighted by atomic mass is 10.3. The summed E-state index contributed by atoms with van der Waals surface area (Å²) >= 11 is 4.58. The van der Waals surface area contributed by atoms with Gasteiger partial charge in [0.25, 0.3) is 0 Å². The lowest BCUT2D eigenvalue weighted by Gasteiger charge is -1.93. The monoisotopic (exact) mass is 271 g/mol. The van der Waals surface area contributed by atoms with Gasteiger partial charge in [0.2, 0.25) is 0 Å². The van der Waals surface area contributed by atoms with E-state index < -0.39 is 0 Å². The Hall–Kier alpha value is -0.610. The minimum absolute atomic E-state index is 0.136. The van der Waals surface area contributed by atoms with Crippen LogP contribution in [0.1, 0.15) is 12.6 Å². The molecule has 14 heavy (non-hydrogen) atoms. The Bertz CT molecular complexity index is 352. The first kappa shape index (κ1) is 11.5. The molecule has 0 amide bonds. The van der Waals surface area contributed by atoms with Crippen molar-refractivity contribution in [3.8, 4) is 0 Å². The highest BCUT2D eigenvalue weighted by Crippen LogP contribution is 2.08. The number of thioether (sulfide) groups is 1. The van der Waals surface area contributed by atoms with Crippen LogP contribution in [0.5, 0.6) is 0 Å². The molecule has 0 aliphatic rings. The maximum atomic E-state index is 10.6. The zero-order chi connectivity index (χ0) is 10.4. The van der Waals surface area contributed by atoms with Crippen LogP contribution >= 0.6 is 27.7 Å². The second-order valence-electron chi connectivity index (χ2n) is 2.59. The van der Waals surface area contributed by atoms with E-state index in [0.717, 1.165) is 10.3 Å². The van der Waals surface area contributed by atoms with Crippen molar-refractivity contribution in [2.75, 3.05) is 5.75 Å². The standard InChI is InChI=1S/C10H10BrNOS/c1-8(13)14-7-3-5-9-4-2-6-10(11)12-9/h2-6H,7H2,1H3. The van der Waals surface area contributed by atoms with Gasteiger partial charge in [-0.15, -0.1) is 0 Å². The van der Waals surface area contributed by atoms with Crippen LogP contribution in [0.2, 0.25) is 0 Å². The van der Waals surface area contributed by atoms with Gasteiger partial charge < -0.3 is 0 Å². The van der Waals surface area contributed by atoms with Gasteiger partial charge in [0, 0.05) is 12.7 Å². The van der Waals surface area contributed by atoms with Crippen molar-refractivity contribution >= 4 is 38.9 Å². The SMILES string of the molecule is CC(=O)SCC=Cc1cccc(Br)n1. The average Bonchev–Trinajstić information content (AvgIpc) is 2.12. The minimum Gasteiger partial charge on any atom is -0.288 e. The third-order valence-electron chi connectivity index (χ3n) is 1.41. The lowest BCUT2D eigenvalue weighted by molar-refractivity contribution is -0.109. The van der Waals surface area contributed by atoms with E-state index in [1.54, 1.807) is 6.92 Å². The highest BCUT2D eigenvalue weighted by atomic mass is 79.9. The van der Waals surface area contributed by atoms with Gasteiger partial charge in [0.05, 0.1) is 5.69 Å². The van der Waals surface area contributed by atoms with E-state index in [-0.39, 0.29) is 5.12 Å². The van der Waals surface area contributed by atoms with Crippen LogP contribution in [0.4, 0.5) is 0 Å². The molecule has 0 N–H and O–H groups in total. The lowest BCUT2D eigenvalue weighted by Crippen LogP contribution is -1.83. The summed E-state index contributed by atoms with van der Waals surface area (Å²) in [5, 5.41) is 0.136. The first-order valence-corrected chi connectivity index (χ1v) is 5.89. The summed E-state index contributed by atoms with van der Waals surface area (Å²) < 4.78 is 0.818. The van der Waals surface area contributed by atoms with Gasteiger partial charge in [-0.3, -0.25) is 4.79 Å². The molecule has 0 spiro atoms. The topological polar surface area (TPSA) is 30.0 Å². The van der Waals surface area contributed by atoms with Gasteiger partial charge in [0.15, 0.2) is 5.12 Å². The zero-order valence-corrected chi connectivity index (χ0v) is 10.1. The van der Waals surface area contributed by atoms with Crippen LogP contribution in [-0.4, -0.2) is 15.9 Å². The Morgan fingerprint density at radius 3 is 3.07 bits per heavy atom. The molecular formula is C10H10BrNOS. The third kappa shape index (κ3) is 4.58. The van der Waals surface area contributed by atoms with Crippen LogP contribution in [0.3, 0.4) is 0 Å². The van der Waals surface area contributed by atoms with Crippen molar-refractivity contribution in [1.82, 2.24) is 4.98 Å². The van der Waals surface area contributed by atoms with Crippen molar-refractivity contribution in [3.63, 3.8) is 0 Å². The fourth-order valence-electron chi connectivity index (χ4n) is 0.851. The number of hydrogen-bond acceptors (Lipinski definition) is 3. The predicted octanol–water partition coefficient (Wildman–Crippen LogP) is 3.14. The van der Waals surface area contributed by atoms with Crippen LogP contribution < -0.4 is 0 Å². The Morgan fingerprint density at radius 2 is 2.43 bits per heavy atom. The van der Waals surface area contributed by atoms with Gasteiger partial charge >= 0.3 is 0 Å². The molecule has 0 aliphatic carbocycles. The number of rotatable bonds is 3. The number of pyridine rings is 1. The number of halogens is 1. The predicted molar refractivity (Wildman–Crippen MR) is 64.1 cm³/mol. The van der Waals surface area contributed by atoms with Crippen LogP contribution in [0.25, 0.3) is 6.08 Å². The molecule has 4 heteroatoms. The maximum absolute atomic E-state index is 10.6. The van der Waals surface area contributed by atoms with E-state index in [2.05, 4.69) is 20.9 Å². The second kappa shape index (κ2) is 5.98. The molecule has 0 saturated heterocycles. The zero-order valence-electron chi connectivity index (χ0n) is 7.74. The molecule has 1 heterocycles. The van der Waals surface area contributed by atoms with Gasteiger partial charge in [-0.1, -0.05) is 23.9 Å². The van der Waals surface area contributed by atoms with E-state index in [1.165, 1.54) is 11.8 Å². The van der Waals surface area contributed by atoms with Crippen molar-refractivity contribution in [2.45, 2.75) is 6.92 Å². The van der Waals surface area contributed by atoms with Crippen molar-refractivity contribution in [2.24, 2.45) is 0 Å². The fourth-order valence-corrected chi connectivity index (χ4v) is 1.64. The summed E-state index contributed by atoms with van der Waals surface area (Å²) in [6.45, 7) is 1.57. The van der Waals surface area contributed by atoms with Crippen molar-refractivity contribution in [3.05, 3.63) is 34.6 Å². The molecule has 0 radical (unpaired) electrons. The molecule has 74 valence electrons. The molecule has 0 saturated carbocycles. The summed E-state index contributed by atoms with van der Waals surface area (Å²) in [7, 11) is 0. The van der Waals surface area contributed by atoms with E-state index in [4.69, 9.17) is 0 Å². The molecular weight excluding hydrogens is 262 g/mol. The molecule has 1 rings (SSSR count). The van der Waals surface area contributed by atoms with Crippen LogP contribution in [0.15, 0.2) is 28.9 Å². The fraction of sp³-hybridized carbons (Fsp3) is 0.200. The molecule has 2 nitrogen and oxygen atoms in total. The average molecular weight is 272 g/mol. The number of nitrogens with zero attached hydrogens (tertiary/aromatic N) is 1. The van der Waals surface area contributed by atoms with Crippen molar-refractivity contribution < 1.29 is 4.79 Å². The molecule has 0 atom stereocenters. The Labute approximate surface area is 95.9 Å². The Kier molecular flexibility index (Phi) is 4.90. The number of carbonyl (C=O) groups excluding carboxylic acids is 1. The van der Waals surface area contributed by atoms with Gasteiger partial charge in [-0.2, -0.15) is 0 Å². The summed E-state index contributed by atoms with van der Waals surface area (Å²) in [4.78, 5) is 14.8. The summed E-state index contributed by atoms with van der Waals surface area (Å²) in [6.07, 6.45) is 3.83. The largest absolute Gasteiger partial charge is 0.288 e. The Morgan fingerprint density at radius 1 is 1.64 bits per heavy atom.